The second kappa shape index (κ2) is 6.54. The highest BCUT2D eigenvalue weighted by Crippen LogP contribution is 2.35. The zero-order valence-corrected chi connectivity index (χ0v) is 14.1. The predicted octanol–water partition coefficient (Wildman–Crippen LogP) is 4.93. The molecule has 112 valence electrons. The average Bonchev–Trinajstić information content (AvgIpc) is 2.91. The van der Waals surface area contributed by atoms with Gasteiger partial charge in [0, 0.05) is 4.47 Å². The molecule has 2 aromatic rings. The van der Waals surface area contributed by atoms with Crippen molar-refractivity contribution in [3.05, 3.63) is 50.8 Å². The Kier molecular flexibility index (Phi) is 4.96. The molecular weight excluding hydrogens is 360 g/mol. The molecule has 0 N–H and O–H groups in total. The molecule has 6 heteroatoms. The monoisotopic (exact) mass is 372 g/mol. The topological polar surface area (TPSA) is 48.7 Å². The van der Waals surface area contributed by atoms with Crippen LogP contribution in [0.3, 0.4) is 0 Å². The molecule has 1 atom stereocenters. The van der Waals surface area contributed by atoms with Crippen LogP contribution in [-0.4, -0.2) is 13.1 Å². The van der Waals surface area contributed by atoms with Crippen molar-refractivity contribution in [1.29, 1.82) is 0 Å². The lowest BCUT2D eigenvalue weighted by molar-refractivity contribution is 0.0558. The Labute approximate surface area is 136 Å². The molecule has 1 aromatic carbocycles. The van der Waals surface area contributed by atoms with Crippen LogP contribution in [-0.2, 0) is 4.74 Å². The van der Waals surface area contributed by atoms with Crippen LogP contribution in [0.1, 0.15) is 34.9 Å². The number of hydrogen-bond donors (Lipinski definition) is 0. The summed E-state index contributed by atoms with van der Waals surface area (Å²) in [7, 11) is 1.30. The van der Waals surface area contributed by atoms with Crippen molar-refractivity contribution in [3.8, 4) is 5.75 Å². The zero-order chi connectivity index (χ0) is 15.6. The van der Waals surface area contributed by atoms with E-state index in [1.165, 1.54) is 7.11 Å². The Morgan fingerprint density at radius 1 is 1.38 bits per heavy atom. The van der Waals surface area contributed by atoms with Gasteiger partial charge in [0.1, 0.15) is 11.5 Å². The van der Waals surface area contributed by atoms with Crippen LogP contribution in [0.25, 0.3) is 0 Å². The van der Waals surface area contributed by atoms with Crippen molar-refractivity contribution in [2.45, 2.75) is 20.0 Å². The van der Waals surface area contributed by atoms with E-state index in [9.17, 15) is 4.79 Å². The number of benzene rings is 1. The lowest BCUT2D eigenvalue weighted by Gasteiger charge is -2.16. The summed E-state index contributed by atoms with van der Waals surface area (Å²) in [5.41, 5.74) is 0.904. The Hall–Kier alpha value is -1.46. The van der Waals surface area contributed by atoms with E-state index < -0.39 is 5.97 Å². The summed E-state index contributed by atoms with van der Waals surface area (Å²) in [4.78, 5) is 11.4. The van der Waals surface area contributed by atoms with E-state index in [1.54, 1.807) is 18.2 Å². The van der Waals surface area contributed by atoms with Crippen LogP contribution < -0.4 is 4.74 Å². The molecule has 0 aliphatic carbocycles. The van der Waals surface area contributed by atoms with Gasteiger partial charge in [-0.1, -0.05) is 27.5 Å². The summed E-state index contributed by atoms with van der Waals surface area (Å²) in [6.45, 7) is 3.72. The van der Waals surface area contributed by atoms with Gasteiger partial charge in [0.15, 0.2) is 6.10 Å². The first-order chi connectivity index (χ1) is 9.92. The minimum absolute atomic E-state index is 0.140. The summed E-state index contributed by atoms with van der Waals surface area (Å²) in [6, 6.07) is 6.91. The van der Waals surface area contributed by atoms with Crippen LogP contribution in [0.5, 0.6) is 5.75 Å². The van der Waals surface area contributed by atoms with E-state index in [2.05, 4.69) is 20.7 Å². The van der Waals surface area contributed by atoms with Crippen LogP contribution in [0.2, 0.25) is 5.02 Å². The minimum atomic E-state index is -0.522. The van der Waals surface area contributed by atoms with Crippen molar-refractivity contribution >= 4 is 33.5 Å². The van der Waals surface area contributed by atoms with Crippen molar-refractivity contribution in [2.75, 3.05) is 7.11 Å². The second-order valence-corrected chi connectivity index (χ2v) is 5.81. The van der Waals surface area contributed by atoms with Gasteiger partial charge in [-0.2, -0.15) is 0 Å². The summed E-state index contributed by atoms with van der Waals surface area (Å²) in [5.74, 6) is 0.727. The number of halogens is 2. The number of carbonyl (C=O) groups excluding carboxylic acids is 1. The maximum Gasteiger partial charge on any atom is 0.373 e. The molecular formula is C15H14BrClO4. The molecule has 0 saturated heterocycles. The third kappa shape index (κ3) is 3.60. The smallest absolute Gasteiger partial charge is 0.373 e. The van der Waals surface area contributed by atoms with Crippen molar-refractivity contribution in [2.24, 2.45) is 0 Å². The molecule has 0 bridgehead atoms. The van der Waals surface area contributed by atoms with Crippen molar-refractivity contribution < 1.29 is 18.7 Å². The Bertz CT molecular complexity index is 642. The highest BCUT2D eigenvalue weighted by molar-refractivity contribution is 9.10. The molecule has 4 nitrogen and oxygen atoms in total. The van der Waals surface area contributed by atoms with E-state index in [0.29, 0.717) is 16.5 Å². The fourth-order valence-corrected chi connectivity index (χ4v) is 2.87. The van der Waals surface area contributed by atoms with Crippen molar-refractivity contribution in [1.82, 2.24) is 0 Å². The van der Waals surface area contributed by atoms with E-state index >= 15 is 0 Å². The quantitative estimate of drug-likeness (QED) is 0.713. The maximum atomic E-state index is 11.4. The Morgan fingerprint density at radius 2 is 2.10 bits per heavy atom. The fourth-order valence-electron chi connectivity index (χ4n) is 1.85. The number of rotatable bonds is 4. The van der Waals surface area contributed by atoms with Gasteiger partial charge in [-0.15, -0.1) is 0 Å². The number of furan rings is 1. The van der Waals surface area contributed by atoms with Gasteiger partial charge in [-0.25, -0.2) is 4.79 Å². The molecule has 0 aliphatic rings. The van der Waals surface area contributed by atoms with E-state index in [-0.39, 0.29) is 11.9 Å². The number of esters is 1. The van der Waals surface area contributed by atoms with E-state index in [4.69, 9.17) is 20.8 Å². The normalized spacial score (nSPS) is 12.0. The summed E-state index contributed by atoms with van der Waals surface area (Å²) in [5, 5.41) is 0.508. The Balaban J connectivity index is 2.20. The van der Waals surface area contributed by atoms with Gasteiger partial charge in [0.2, 0.25) is 5.76 Å². The SMILES string of the molecule is COC(=O)c1ccc(C(C)Oc2c(C)cc(Br)cc2Cl)o1. The fraction of sp³-hybridized carbons (Fsp3) is 0.267. The Morgan fingerprint density at radius 3 is 2.71 bits per heavy atom. The van der Waals surface area contributed by atoms with Crippen LogP contribution in [0, 0.1) is 6.92 Å². The summed E-state index contributed by atoms with van der Waals surface area (Å²) >= 11 is 9.56. The van der Waals surface area contributed by atoms with Gasteiger partial charge < -0.3 is 13.9 Å². The first kappa shape index (κ1) is 15.9. The molecule has 21 heavy (non-hydrogen) atoms. The van der Waals surface area contributed by atoms with Gasteiger partial charge in [0.05, 0.1) is 12.1 Å². The first-order valence-corrected chi connectivity index (χ1v) is 7.39. The number of ether oxygens (including phenoxy) is 2. The number of hydrogen-bond acceptors (Lipinski definition) is 4. The predicted molar refractivity (Wildman–Crippen MR) is 83.0 cm³/mol. The molecule has 0 amide bonds. The van der Waals surface area contributed by atoms with Crippen molar-refractivity contribution in [3.63, 3.8) is 0 Å². The van der Waals surface area contributed by atoms with E-state index in [1.807, 2.05) is 19.9 Å². The molecule has 0 spiro atoms. The largest absolute Gasteiger partial charge is 0.481 e. The third-order valence-electron chi connectivity index (χ3n) is 2.90. The van der Waals surface area contributed by atoms with Gasteiger partial charge in [0.25, 0.3) is 0 Å². The molecule has 1 heterocycles. The standard InChI is InChI=1S/C15H14BrClO4/c1-8-6-10(16)7-11(17)14(8)20-9(2)12-4-5-13(21-12)15(18)19-3/h4-7,9H,1-3H3. The van der Waals surface area contributed by atoms with Gasteiger partial charge in [-0.3, -0.25) is 0 Å². The minimum Gasteiger partial charge on any atom is -0.481 e. The maximum absolute atomic E-state index is 11.4. The molecule has 0 aliphatic heterocycles. The first-order valence-electron chi connectivity index (χ1n) is 6.22. The highest BCUT2D eigenvalue weighted by atomic mass is 79.9. The molecule has 0 fully saturated rings. The summed E-state index contributed by atoms with van der Waals surface area (Å²) < 4.78 is 16.8. The lowest BCUT2D eigenvalue weighted by Crippen LogP contribution is -2.04. The number of carbonyl (C=O) groups is 1. The lowest BCUT2D eigenvalue weighted by atomic mass is 10.2. The zero-order valence-electron chi connectivity index (χ0n) is 11.8. The molecule has 0 radical (unpaired) electrons. The number of aryl methyl sites for hydroxylation is 1. The second-order valence-electron chi connectivity index (χ2n) is 4.49. The third-order valence-corrected chi connectivity index (χ3v) is 3.64. The highest BCUT2D eigenvalue weighted by Gasteiger charge is 2.18. The average molecular weight is 374 g/mol. The molecule has 1 unspecified atom stereocenters. The molecule has 2 rings (SSSR count). The van der Waals surface area contributed by atoms with Crippen LogP contribution in [0.15, 0.2) is 33.2 Å². The molecule has 1 aromatic heterocycles. The summed E-state index contributed by atoms with van der Waals surface area (Å²) in [6.07, 6.45) is -0.388. The van der Waals surface area contributed by atoms with Crippen LogP contribution in [0.4, 0.5) is 0 Å². The molecule has 0 saturated carbocycles. The van der Waals surface area contributed by atoms with E-state index in [0.717, 1.165) is 10.0 Å². The number of methoxy groups -OCH3 is 1. The van der Waals surface area contributed by atoms with Gasteiger partial charge in [-0.05, 0) is 43.7 Å². The van der Waals surface area contributed by atoms with Crippen LogP contribution >= 0.6 is 27.5 Å². The van der Waals surface area contributed by atoms with Gasteiger partial charge >= 0.3 is 5.97 Å².